The summed E-state index contributed by atoms with van der Waals surface area (Å²) in [5, 5.41) is 3.81. The van der Waals surface area contributed by atoms with Crippen LogP contribution in [0.3, 0.4) is 0 Å². The van der Waals surface area contributed by atoms with E-state index in [2.05, 4.69) is 4.90 Å². The molecule has 1 amide bonds. The third-order valence-corrected chi connectivity index (χ3v) is 2.11. The first kappa shape index (κ1) is 9.48. The van der Waals surface area contributed by atoms with Gasteiger partial charge in [0.25, 0.3) is 0 Å². The first-order valence-corrected chi connectivity index (χ1v) is 4.27. The molecular formula is C8H17N3O. The van der Waals surface area contributed by atoms with Crippen molar-refractivity contribution in [3.05, 3.63) is 0 Å². The van der Waals surface area contributed by atoms with Crippen LogP contribution in [0.5, 0.6) is 0 Å². The number of hydrogen-bond acceptors (Lipinski definition) is 3. The normalized spacial score (nSPS) is 19.7. The average Bonchev–Trinajstić information content (AvgIpc) is 2.28. The second-order valence-electron chi connectivity index (χ2n) is 3.45. The maximum Gasteiger partial charge on any atom is 0.238 e. The van der Waals surface area contributed by atoms with Gasteiger partial charge in [0.1, 0.15) is 0 Å². The van der Waals surface area contributed by atoms with Gasteiger partial charge in [-0.25, -0.2) is 5.01 Å². The van der Waals surface area contributed by atoms with Gasteiger partial charge in [0.15, 0.2) is 0 Å². The van der Waals surface area contributed by atoms with Gasteiger partial charge >= 0.3 is 0 Å². The molecule has 0 aromatic rings. The molecule has 70 valence electrons. The molecule has 0 aromatic heterocycles. The highest BCUT2D eigenvalue weighted by molar-refractivity contribution is 5.77. The maximum atomic E-state index is 11.3. The van der Waals surface area contributed by atoms with Crippen LogP contribution in [0.1, 0.15) is 6.42 Å². The highest BCUT2D eigenvalue weighted by Crippen LogP contribution is 2.08. The third-order valence-electron chi connectivity index (χ3n) is 2.11. The van der Waals surface area contributed by atoms with E-state index in [1.165, 1.54) is 0 Å². The summed E-state index contributed by atoms with van der Waals surface area (Å²) >= 11 is 0. The van der Waals surface area contributed by atoms with Crippen LogP contribution in [-0.4, -0.2) is 61.6 Å². The Hall–Kier alpha value is -0.610. The van der Waals surface area contributed by atoms with Crippen LogP contribution in [0.25, 0.3) is 0 Å². The number of likely N-dealkylation sites (N-methyl/N-ethyl adjacent to an activating group) is 1. The minimum atomic E-state index is 0.249. The quantitative estimate of drug-likeness (QED) is 0.579. The second kappa shape index (κ2) is 3.87. The fraction of sp³-hybridized carbons (Fsp3) is 0.875. The summed E-state index contributed by atoms with van der Waals surface area (Å²) in [6, 6.07) is 0. The van der Waals surface area contributed by atoms with E-state index in [1.807, 2.05) is 31.2 Å². The van der Waals surface area contributed by atoms with Crippen molar-refractivity contribution in [3.8, 4) is 0 Å². The average molecular weight is 171 g/mol. The van der Waals surface area contributed by atoms with Crippen molar-refractivity contribution in [1.82, 2.24) is 14.9 Å². The number of hydrazine groups is 1. The van der Waals surface area contributed by atoms with E-state index >= 15 is 0 Å². The summed E-state index contributed by atoms with van der Waals surface area (Å²) in [5.41, 5.74) is 0. The van der Waals surface area contributed by atoms with Crippen molar-refractivity contribution in [1.29, 1.82) is 0 Å². The molecule has 12 heavy (non-hydrogen) atoms. The van der Waals surface area contributed by atoms with Crippen molar-refractivity contribution < 1.29 is 4.79 Å². The summed E-state index contributed by atoms with van der Waals surface area (Å²) in [6.45, 7) is 2.60. The molecule has 4 heteroatoms. The minimum absolute atomic E-state index is 0.249. The van der Waals surface area contributed by atoms with E-state index in [4.69, 9.17) is 0 Å². The number of amides is 1. The van der Waals surface area contributed by atoms with Crippen molar-refractivity contribution in [2.24, 2.45) is 0 Å². The molecule has 4 nitrogen and oxygen atoms in total. The van der Waals surface area contributed by atoms with E-state index < -0.39 is 0 Å². The maximum absolute atomic E-state index is 11.3. The Labute approximate surface area is 73.7 Å². The lowest BCUT2D eigenvalue weighted by Crippen LogP contribution is -2.40. The Kier molecular flexibility index (Phi) is 3.05. The molecule has 0 spiro atoms. The lowest BCUT2D eigenvalue weighted by molar-refractivity contribution is -0.136. The monoisotopic (exact) mass is 171 g/mol. The zero-order chi connectivity index (χ0) is 9.14. The second-order valence-corrected chi connectivity index (χ2v) is 3.45. The molecule has 0 bridgehead atoms. The van der Waals surface area contributed by atoms with Crippen LogP contribution >= 0.6 is 0 Å². The van der Waals surface area contributed by atoms with Crippen LogP contribution in [0.15, 0.2) is 0 Å². The number of nitrogens with zero attached hydrogens (tertiary/aromatic N) is 3. The van der Waals surface area contributed by atoms with E-state index in [9.17, 15) is 4.79 Å². The Morgan fingerprint density at radius 1 is 1.50 bits per heavy atom. The van der Waals surface area contributed by atoms with Crippen LogP contribution in [0, 0.1) is 0 Å². The summed E-state index contributed by atoms with van der Waals surface area (Å²) < 4.78 is 0. The van der Waals surface area contributed by atoms with Gasteiger partial charge in [-0.15, -0.1) is 0 Å². The molecule has 1 aliphatic heterocycles. The van der Waals surface area contributed by atoms with Crippen molar-refractivity contribution >= 4 is 5.91 Å². The standard InChI is InChI=1S/C8H17N3O/c1-9(2)6-7-11-8(12)4-5-10(11)3/h4-7H2,1-3H3. The number of carbonyl (C=O) groups is 1. The third kappa shape index (κ3) is 2.19. The predicted octanol–water partition coefficient (Wildman–Crippen LogP) is -0.373. The van der Waals surface area contributed by atoms with Crippen LogP contribution < -0.4 is 0 Å². The van der Waals surface area contributed by atoms with Crippen LogP contribution in [-0.2, 0) is 4.79 Å². The van der Waals surface area contributed by atoms with Crippen LogP contribution in [0.2, 0.25) is 0 Å². The molecule has 0 N–H and O–H groups in total. The summed E-state index contributed by atoms with van der Waals surface area (Å²) in [5.74, 6) is 0.249. The lowest BCUT2D eigenvalue weighted by atomic mass is 10.4. The van der Waals surface area contributed by atoms with Gasteiger partial charge in [-0.2, -0.15) is 0 Å². The van der Waals surface area contributed by atoms with E-state index in [1.54, 1.807) is 0 Å². The van der Waals surface area contributed by atoms with Gasteiger partial charge in [-0.05, 0) is 14.1 Å². The summed E-state index contributed by atoms with van der Waals surface area (Å²) in [4.78, 5) is 13.3. The SMILES string of the molecule is CN(C)CCN1C(=O)CCN1C. The largest absolute Gasteiger partial charge is 0.308 e. The molecule has 0 aromatic carbocycles. The smallest absolute Gasteiger partial charge is 0.238 e. The molecule has 1 rings (SSSR count). The van der Waals surface area contributed by atoms with Gasteiger partial charge in [-0.1, -0.05) is 0 Å². The highest BCUT2D eigenvalue weighted by atomic mass is 16.2. The molecule has 0 atom stereocenters. The Morgan fingerprint density at radius 2 is 2.17 bits per heavy atom. The Morgan fingerprint density at radius 3 is 2.58 bits per heavy atom. The minimum Gasteiger partial charge on any atom is -0.308 e. The topological polar surface area (TPSA) is 26.8 Å². The van der Waals surface area contributed by atoms with E-state index in [-0.39, 0.29) is 5.91 Å². The van der Waals surface area contributed by atoms with Crippen molar-refractivity contribution in [2.45, 2.75) is 6.42 Å². The fourth-order valence-electron chi connectivity index (χ4n) is 1.29. The number of carbonyl (C=O) groups excluding carboxylic acids is 1. The Balaban J connectivity index is 2.34. The zero-order valence-electron chi connectivity index (χ0n) is 8.08. The van der Waals surface area contributed by atoms with Gasteiger partial charge in [0, 0.05) is 26.6 Å². The number of rotatable bonds is 3. The molecule has 0 aliphatic carbocycles. The lowest BCUT2D eigenvalue weighted by Gasteiger charge is -2.25. The molecule has 1 saturated heterocycles. The number of hydrogen-bond donors (Lipinski definition) is 0. The molecule has 1 aliphatic rings. The van der Waals surface area contributed by atoms with Crippen molar-refractivity contribution in [3.63, 3.8) is 0 Å². The Bertz CT molecular complexity index is 170. The van der Waals surface area contributed by atoms with Gasteiger partial charge in [0.2, 0.25) is 5.91 Å². The summed E-state index contributed by atoms with van der Waals surface area (Å²) in [6.07, 6.45) is 0.671. The first-order chi connectivity index (χ1) is 5.61. The molecular weight excluding hydrogens is 154 g/mol. The fourth-order valence-corrected chi connectivity index (χ4v) is 1.29. The molecule has 1 heterocycles. The zero-order valence-corrected chi connectivity index (χ0v) is 8.08. The summed E-state index contributed by atoms with van der Waals surface area (Å²) in [7, 11) is 5.99. The van der Waals surface area contributed by atoms with E-state index in [0.717, 1.165) is 19.6 Å². The van der Waals surface area contributed by atoms with Crippen molar-refractivity contribution in [2.75, 3.05) is 40.8 Å². The van der Waals surface area contributed by atoms with E-state index in [0.29, 0.717) is 6.42 Å². The molecule has 1 fully saturated rings. The van der Waals surface area contributed by atoms with Crippen LogP contribution in [0.4, 0.5) is 0 Å². The van der Waals surface area contributed by atoms with Gasteiger partial charge in [-0.3, -0.25) is 9.80 Å². The molecule has 0 radical (unpaired) electrons. The first-order valence-electron chi connectivity index (χ1n) is 4.27. The van der Waals surface area contributed by atoms with Gasteiger partial charge in [0.05, 0.1) is 6.54 Å². The highest BCUT2D eigenvalue weighted by Gasteiger charge is 2.24. The molecule has 0 unspecified atom stereocenters. The predicted molar refractivity (Wildman–Crippen MR) is 47.5 cm³/mol. The van der Waals surface area contributed by atoms with Gasteiger partial charge < -0.3 is 4.90 Å². The molecule has 0 saturated carbocycles.